The Labute approximate surface area is 124 Å². The number of likely N-dealkylation sites (tertiary alicyclic amines) is 1. The topological polar surface area (TPSA) is 28.2 Å². The van der Waals surface area contributed by atoms with Crippen LogP contribution in [0.5, 0.6) is 0 Å². The molecule has 2 heterocycles. The molecule has 0 aliphatic carbocycles. The fourth-order valence-electron chi connectivity index (χ4n) is 2.84. The molecule has 3 nitrogen and oxygen atoms in total. The van der Waals surface area contributed by atoms with Gasteiger partial charge < -0.3 is 10.2 Å². The lowest BCUT2D eigenvalue weighted by Crippen LogP contribution is -2.31. The van der Waals surface area contributed by atoms with Gasteiger partial charge in [0.1, 0.15) is 5.01 Å². The molecule has 0 spiro atoms. The van der Waals surface area contributed by atoms with Crippen molar-refractivity contribution in [2.45, 2.75) is 18.9 Å². The maximum atomic E-state index is 4.40. The van der Waals surface area contributed by atoms with Crippen molar-refractivity contribution >= 4 is 11.3 Å². The molecule has 1 saturated heterocycles. The highest BCUT2D eigenvalue weighted by Gasteiger charge is 2.18. The highest BCUT2D eigenvalue weighted by atomic mass is 32.1. The van der Waals surface area contributed by atoms with Gasteiger partial charge in [-0.15, -0.1) is 11.3 Å². The van der Waals surface area contributed by atoms with Crippen LogP contribution < -0.4 is 5.32 Å². The van der Waals surface area contributed by atoms with Gasteiger partial charge in [-0.3, -0.25) is 0 Å². The number of benzene rings is 1. The molecular formula is C16H21N3S. The van der Waals surface area contributed by atoms with Gasteiger partial charge in [0.2, 0.25) is 0 Å². The number of aromatic nitrogens is 1. The normalized spacial score (nSPS) is 17.4. The van der Waals surface area contributed by atoms with Crippen LogP contribution in [0.1, 0.15) is 24.4 Å². The van der Waals surface area contributed by atoms with E-state index >= 15 is 0 Å². The molecule has 2 aromatic rings. The van der Waals surface area contributed by atoms with Crippen molar-refractivity contribution in [1.29, 1.82) is 0 Å². The fraction of sp³-hybridized carbons (Fsp3) is 0.438. The Balaban J connectivity index is 1.78. The number of nitrogens with one attached hydrogen (secondary N) is 1. The molecular weight excluding hydrogens is 266 g/mol. The average Bonchev–Trinajstić information content (AvgIpc) is 3.18. The second-order valence-corrected chi connectivity index (χ2v) is 6.21. The van der Waals surface area contributed by atoms with Crippen molar-refractivity contribution in [2.75, 3.05) is 26.7 Å². The van der Waals surface area contributed by atoms with Crippen LogP contribution in [0.25, 0.3) is 10.6 Å². The zero-order valence-electron chi connectivity index (χ0n) is 11.9. The first-order valence-electron chi connectivity index (χ1n) is 7.26. The van der Waals surface area contributed by atoms with Crippen molar-refractivity contribution in [3.63, 3.8) is 0 Å². The van der Waals surface area contributed by atoms with E-state index in [0.717, 1.165) is 11.6 Å². The Morgan fingerprint density at radius 1 is 1.35 bits per heavy atom. The zero-order chi connectivity index (χ0) is 13.8. The monoisotopic (exact) mass is 287 g/mol. The summed E-state index contributed by atoms with van der Waals surface area (Å²) in [6.45, 7) is 3.58. The van der Waals surface area contributed by atoms with E-state index in [-0.39, 0.29) is 0 Å². The van der Waals surface area contributed by atoms with Crippen LogP contribution in [-0.4, -0.2) is 36.6 Å². The molecule has 1 aliphatic rings. The van der Waals surface area contributed by atoms with E-state index in [1.807, 2.05) is 11.6 Å². The molecule has 0 radical (unpaired) electrons. The summed E-state index contributed by atoms with van der Waals surface area (Å²) < 4.78 is 0. The fourth-order valence-corrected chi connectivity index (χ4v) is 3.48. The van der Waals surface area contributed by atoms with E-state index in [9.17, 15) is 0 Å². The zero-order valence-corrected chi connectivity index (χ0v) is 12.7. The van der Waals surface area contributed by atoms with Crippen LogP contribution >= 0.6 is 11.3 Å². The largest absolute Gasteiger partial charge is 0.312 e. The van der Waals surface area contributed by atoms with Crippen molar-refractivity contribution < 1.29 is 0 Å². The Kier molecular flexibility index (Phi) is 4.45. The summed E-state index contributed by atoms with van der Waals surface area (Å²) in [5, 5.41) is 6.59. The van der Waals surface area contributed by atoms with Gasteiger partial charge in [-0.1, -0.05) is 18.2 Å². The van der Waals surface area contributed by atoms with E-state index in [0.29, 0.717) is 6.04 Å². The van der Waals surface area contributed by atoms with Gasteiger partial charge in [0.25, 0.3) is 0 Å². The van der Waals surface area contributed by atoms with Crippen LogP contribution in [0.3, 0.4) is 0 Å². The lowest BCUT2D eigenvalue weighted by Gasteiger charge is -2.23. The quantitative estimate of drug-likeness (QED) is 0.915. The van der Waals surface area contributed by atoms with Gasteiger partial charge in [-0.2, -0.15) is 0 Å². The van der Waals surface area contributed by atoms with Crippen LogP contribution in [0.4, 0.5) is 0 Å². The summed E-state index contributed by atoms with van der Waals surface area (Å²) in [6, 6.07) is 9.17. The predicted octanol–water partition coefficient (Wildman–Crippen LogP) is 3.17. The molecule has 1 unspecified atom stereocenters. The standard InChI is InChI=1S/C16H21N3S/c1-17-15(12-19-8-2-3-9-19)13-5-4-6-14(11-13)16-18-7-10-20-16/h4-7,10-11,15,17H,2-3,8-9,12H2,1H3. The van der Waals surface area contributed by atoms with Gasteiger partial charge >= 0.3 is 0 Å². The molecule has 0 saturated carbocycles. The lowest BCUT2D eigenvalue weighted by molar-refractivity contribution is 0.299. The van der Waals surface area contributed by atoms with Crippen LogP contribution in [0, 0.1) is 0 Å². The van der Waals surface area contributed by atoms with E-state index in [1.54, 1.807) is 11.3 Å². The second-order valence-electron chi connectivity index (χ2n) is 5.31. The first-order valence-corrected chi connectivity index (χ1v) is 8.14. The third kappa shape index (κ3) is 3.08. The number of hydrogen-bond donors (Lipinski definition) is 1. The number of hydrogen-bond acceptors (Lipinski definition) is 4. The van der Waals surface area contributed by atoms with E-state index in [1.165, 1.54) is 37.1 Å². The van der Waals surface area contributed by atoms with Crippen LogP contribution in [-0.2, 0) is 0 Å². The summed E-state index contributed by atoms with van der Waals surface area (Å²) in [7, 11) is 2.05. The maximum Gasteiger partial charge on any atom is 0.123 e. The molecule has 1 N–H and O–H groups in total. The minimum absolute atomic E-state index is 0.396. The van der Waals surface area contributed by atoms with E-state index in [4.69, 9.17) is 0 Å². The van der Waals surface area contributed by atoms with E-state index in [2.05, 4.69) is 46.5 Å². The summed E-state index contributed by atoms with van der Waals surface area (Å²) in [4.78, 5) is 6.96. The number of rotatable bonds is 5. The Bertz CT molecular complexity index is 532. The minimum Gasteiger partial charge on any atom is -0.312 e. The van der Waals surface area contributed by atoms with Gasteiger partial charge in [0.15, 0.2) is 0 Å². The Hall–Kier alpha value is -1.23. The number of likely N-dealkylation sites (N-methyl/N-ethyl adjacent to an activating group) is 1. The molecule has 3 rings (SSSR count). The Morgan fingerprint density at radius 3 is 2.90 bits per heavy atom. The average molecular weight is 287 g/mol. The highest BCUT2D eigenvalue weighted by molar-refractivity contribution is 7.13. The van der Waals surface area contributed by atoms with Gasteiger partial charge in [0.05, 0.1) is 0 Å². The predicted molar refractivity (Wildman–Crippen MR) is 85.0 cm³/mol. The minimum atomic E-state index is 0.396. The molecule has 20 heavy (non-hydrogen) atoms. The van der Waals surface area contributed by atoms with Crippen molar-refractivity contribution in [2.24, 2.45) is 0 Å². The number of thiazole rings is 1. The number of nitrogens with zero attached hydrogens (tertiary/aromatic N) is 2. The van der Waals surface area contributed by atoms with Crippen molar-refractivity contribution in [3.8, 4) is 10.6 Å². The van der Waals surface area contributed by atoms with Crippen LogP contribution in [0.2, 0.25) is 0 Å². The van der Waals surface area contributed by atoms with Crippen molar-refractivity contribution in [1.82, 2.24) is 15.2 Å². The third-order valence-corrected chi connectivity index (χ3v) is 4.78. The third-order valence-electron chi connectivity index (χ3n) is 3.96. The summed E-state index contributed by atoms with van der Waals surface area (Å²) in [6.07, 6.45) is 4.55. The molecule has 0 bridgehead atoms. The smallest absolute Gasteiger partial charge is 0.123 e. The molecule has 1 aliphatic heterocycles. The maximum absolute atomic E-state index is 4.40. The summed E-state index contributed by atoms with van der Waals surface area (Å²) >= 11 is 1.70. The molecule has 0 amide bonds. The molecule has 1 atom stereocenters. The van der Waals surface area contributed by atoms with Gasteiger partial charge in [-0.05, 0) is 44.6 Å². The molecule has 1 aromatic heterocycles. The first-order chi connectivity index (χ1) is 9.86. The molecule has 4 heteroatoms. The highest BCUT2D eigenvalue weighted by Crippen LogP contribution is 2.25. The van der Waals surface area contributed by atoms with E-state index < -0.39 is 0 Å². The molecule has 1 fully saturated rings. The Morgan fingerprint density at radius 2 is 2.20 bits per heavy atom. The summed E-state index contributed by atoms with van der Waals surface area (Å²) in [5.41, 5.74) is 2.58. The SMILES string of the molecule is CNC(CN1CCCC1)c1cccc(-c2nccs2)c1. The van der Waals surface area contributed by atoms with Gasteiger partial charge in [0, 0.05) is 29.7 Å². The summed E-state index contributed by atoms with van der Waals surface area (Å²) in [5.74, 6) is 0. The second kappa shape index (κ2) is 6.48. The lowest BCUT2D eigenvalue weighted by atomic mass is 10.0. The molecule has 106 valence electrons. The van der Waals surface area contributed by atoms with Gasteiger partial charge in [-0.25, -0.2) is 4.98 Å². The van der Waals surface area contributed by atoms with Crippen LogP contribution in [0.15, 0.2) is 35.8 Å². The molecule has 1 aromatic carbocycles. The van der Waals surface area contributed by atoms with Crippen molar-refractivity contribution in [3.05, 3.63) is 41.4 Å². The first kappa shape index (κ1) is 13.7.